The minimum Gasteiger partial charge on any atom is -0.413 e. The minimum absolute atomic E-state index is 0.0388. The zero-order valence-corrected chi connectivity index (χ0v) is 15.6. The van der Waals surface area contributed by atoms with Crippen LogP contribution in [0.5, 0.6) is 5.88 Å². The van der Waals surface area contributed by atoms with E-state index in [9.17, 15) is 9.18 Å². The van der Waals surface area contributed by atoms with Crippen LogP contribution in [0.1, 0.15) is 26.3 Å². The van der Waals surface area contributed by atoms with Gasteiger partial charge >= 0.3 is 6.09 Å². The highest BCUT2D eigenvalue weighted by atomic mass is 28.4. The number of benzene rings is 1. The molecule has 0 atom stereocenters. The van der Waals surface area contributed by atoms with Crippen LogP contribution >= 0.6 is 0 Å². The van der Waals surface area contributed by atoms with Gasteiger partial charge in [-0.25, -0.2) is 14.2 Å². The molecular formula is C17H23FN2O3Si. The molecule has 0 aliphatic rings. The zero-order valence-electron chi connectivity index (χ0n) is 14.6. The number of carbonyl (C=O) groups excluding carboxylic acids is 1. The Hall–Kier alpha value is -1.99. The average molecular weight is 350 g/mol. The third-order valence-corrected chi connectivity index (χ3v) is 8.94. The van der Waals surface area contributed by atoms with E-state index in [-0.39, 0.29) is 16.7 Å². The topological polar surface area (TPSA) is 74.4 Å². The van der Waals surface area contributed by atoms with E-state index in [2.05, 4.69) is 38.8 Å². The quantitative estimate of drug-likeness (QED) is 0.832. The van der Waals surface area contributed by atoms with Crippen LogP contribution in [-0.2, 0) is 11.0 Å². The zero-order chi connectivity index (χ0) is 18.1. The van der Waals surface area contributed by atoms with Crippen molar-refractivity contribution in [2.45, 2.75) is 45.5 Å². The summed E-state index contributed by atoms with van der Waals surface area (Å²) in [6.07, 6.45) is 0.580. The first-order valence-electron chi connectivity index (χ1n) is 7.69. The molecule has 0 aliphatic carbocycles. The maximum Gasteiger partial charge on any atom is 0.411 e. The average Bonchev–Trinajstić information content (AvgIpc) is 2.42. The Bertz CT molecular complexity index is 772. The van der Waals surface area contributed by atoms with Crippen molar-refractivity contribution in [1.82, 2.24) is 4.98 Å². The molecule has 2 rings (SSSR count). The number of nitrogens with zero attached hydrogens (tertiary/aromatic N) is 1. The number of aromatic nitrogens is 1. The largest absolute Gasteiger partial charge is 0.413 e. The second kappa shape index (κ2) is 6.49. The lowest BCUT2D eigenvalue weighted by atomic mass is 10.1. The third-order valence-electron chi connectivity index (χ3n) is 4.46. The Balaban J connectivity index is 2.35. The smallest absolute Gasteiger partial charge is 0.411 e. The van der Waals surface area contributed by atoms with E-state index in [4.69, 9.17) is 14.9 Å². The van der Waals surface area contributed by atoms with Crippen LogP contribution in [0.25, 0.3) is 10.8 Å². The van der Waals surface area contributed by atoms with Gasteiger partial charge in [-0.05, 0) is 41.2 Å². The van der Waals surface area contributed by atoms with E-state index in [1.807, 2.05) is 0 Å². The molecule has 0 radical (unpaired) electrons. The lowest BCUT2D eigenvalue weighted by molar-refractivity contribution is 0.209. The number of nitrogens with two attached hydrogens (primary N) is 1. The van der Waals surface area contributed by atoms with Gasteiger partial charge in [0.15, 0.2) is 8.32 Å². The Kier molecular flexibility index (Phi) is 4.96. The highest BCUT2D eigenvalue weighted by Crippen LogP contribution is 2.37. The number of amides is 1. The predicted octanol–water partition coefficient (Wildman–Crippen LogP) is 4.35. The molecule has 0 bridgehead atoms. The molecule has 0 saturated heterocycles. The molecular weight excluding hydrogens is 327 g/mol. The standard InChI is InChI=1S/C17H23FN2O3Si/c1-17(2,3)24(4,5)22-10-12-7-13(18)6-11-8-15(23-16(19)21)20-9-14(11)12/h6-9H,10H2,1-5H3,(H2,19,21). The molecule has 5 nitrogen and oxygen atoms in total. The van der Waals surface area contributed by atoms with E-state index < -0.39 is 14.4 Å². The third kappa shape index (κ3) is 4.10. The summed E-state index contributed by atoms with van der Waals surface area (Å²) in [5.41, 5.74) is 5.69. The normalized spacial score (nSPS) is 12.4. The van der Waals surface area contributed by atoms with Gasteiger partial charge in [0.1, 0.15) is 5.82 Å². The summed E-state index contributed by atoms with van der Waals surface area (Å²) in [7, 11) is -1.95. The Labute approximate surface area is 142 Å². The highest BCUT2D eigenvalue weighted by Gasteiger charge is 2.37. The summed E-state index contributed by atoms with van der Waals surface area (Å²) in [6, 6.07) is 4.30. The van der Waals surface area contributed by atoms with E-state index in [0.717, 1.165) is 5.39 Å². The number of primary amides is 1. The predicted molar refractivity (Wildman–Crippen MR) is 93.9 cm³/mol. The molecule has 0 fully saturated rings. The molecule has 2 aromatic rings. The van der Waals surface area contributed by atoms with Crippen molar-refractivity contribution in [3.8, 4) is 5.88 Å². The fourth-order valence-electron chi connectivity index (χ4n) is 2.03. The van der Waals surface area contributed by atoms with Gasteiger partial charge in [0, 0.05) is 17.6 Å². The van der Waals surface area contributed by atoms with E-state index >= 15 is 0 Å². The second-order valence-electron chi connectivity index (χ2n) is 7.28. The number of fused-ring (bicyclic) bond motifs is 1. The molecule has 0 spiro atoms. The number of halogens is 1. The van der Waals surface area contributed by atoms with Crippen molar-refractivity contribution < 1.29 is 18.3 Å². The molecule has 0 unspecified atom stereocenters. The van der Waals surface area contributed by atoms with Crippen LogP contribution in [0.4, 0.5) is 9.18 Å². The van der Waals surface area contributed by atoms with Crippen molar-refractivity contribution in [3.63, 3.8) is 0 Å². The number of pyridine rings is 1. The Morgan fingerprint density at radius 3 is 2.54 bits per heavy atom. The van der Waals surface area contributed by atoms with Crippen LogP contribution < -0.4 is 10.5 Å². The minimum atomic E-state index is -1.95. The van der Waals surface area contributed by atoms with Gasteiger partial charge in [-0.15, -0.1) is 0 Å². The van der Waals surface area contributed by atoms with Crippen LogP contribution in [0.2, 0.25) is 18.1 Å². The summed E-state index contributed by atoms with van der Waals surface area (Å²) in [6.45, 7) is 11.0. The second-order valence-corrected chi connectivity index (χ2v) is 12.1. The van der Waals surface area contributed by atoms with Crippen LogP contribution in [0.15, 0.2) is 24.4 Å². The molecule has 0 aliphatic heterocycles. The Morgan fingerprint density at radius 2 is 1.96 bits per heavy atom. The van der Waals surface area contributed by atoms with Crippen LogP contribution in [-0.4, -0.2) is 19.4 Å². The fraction of sp³-hybridized carbons (Fsp3) is 0.412. The molecule has 130 valence electrons. The number of hydrogen-bond acceptors (Lipinski definition) is 4. The number of carbonyl (C=O) groups is 1. The van der Waals surface area contributed by atoms with Gasteiger partial charge < -0.3 is 14.9 Å². The molecule has 1 amide bonds. The lowest BCUT2D eigenvalue weighted by Crippen LogP contribution is -2.40. The first-order chi connectivity index (χ1) is 11.0. The molecule has 7 heteroatoms. The van der Waals surface area contributed by atoms with Crippen molar-refractivity contribution in [3.05, 3.63) is 35.8 Å². The maximum atomic E-state index is 13.9. The Morgan fingerprint density at radius 1 is 1.29 bits per heavy atom. The number of ether oxygens (including phenoxy) is 1. The summed E-state index contributed by atoms with van der Waals surface area (Å²) in [4.78, 5) is 14.9. The summed E-state index contributed by atoms with van der Waals surface area (Å²) >= 11 is 0. The highest BCUT2D eigenvalue weighted by molar-refractivity contribution is 6.74. The van der Waals surface area contributed by atoms with Crippen LogP contribution in [0.3, 0.4) is 0 Å². The van der Waals surface area contributed by atoms with E-state index in [1.165, 1.54) is 24.4 Å². The van der Waals surface area contributed by atoms with Crippen molar-refractivity contribution in [2.75, 3.05) is 0 Å². The molecule has 24 heavy (non-hydrogen) atoms. The number of rotatable bonds is 4. The van der Waals surface area contributed by atoms with Gasteiger partial charge in [0.05, 0.1) is 6.61 Å². The van der Waals surface area contributed by atoms with Gasteiger partial charge in [0.2, 0.25) is 5.88 Å². The van der Waals surface area contributed by atoms with Crippen LogP contribution in [0, 0.1) is 5.82 Å². The monoisotopic (exact) mass is 350 g/mol. The number of hydrogen-bond donors (Lipinski definition) is 1. The van der Waals surface area contributed by atoms with Gasteiger partial charge in [0.25, 0.3) is 0 Å². The molecule has 1 aromatic heterocycles. The van der Waals surface area contributed by atoms with Crippen molar-refractivity contribution >= 4 is 25.2 Å². The van der Waals surface area contributed by atoms with Gasteiger partial charge in [-0.1, -0.05) is 20.8 Å². The summed E-state index contributed by atoms with van der Waals surface area (Å²) in [5.74, 6) is -0.343. The first-order valence-corrected chi connectivity index (χ1v) is 10.6. The van der Waals surface area contributed by atoms with Gasteiger partial charge in [-0.2, -0.15) is 0 Å². The van der Waals surface area contributed by atoms with Gasteiger partial charge in [-0.3, -0.25) is 0 Å². The van der Waals surface area contributed by atoms with E-state index in [1.54, 1.807) is 0 Å². The van der Waals surface area contributed by atoms with Crippen molar-refractivity contribution in [1.29, 1.82) is 0 Å². The first kappa shape index (κ1) is 18.3. The summed E-state index contributed by atoms with van der Waals surface area (Å²) < 4.78 is 24.9. The van der Waals surface area contributed by atoms with Crippen molar-refractivity contribution in [2.24, 2.45) is 5.73 Å². The fourth-order valence-corrected chi connectivity index (χ4v) is 2.98. The lowest BCUT2D eigenvalue weighted by Gasteiger charge is -2.36. The molecule has 1 aromatic carbocycles. The summed E-state index contributed by atoms with van der Waals surface area (Å²) in [5, 5.41) is 1.40. The maximum absolute atomic E-state index is 13.9. The SMILES string of the molecule is CC(C)(C)[Si](C)(C)OCc1cc(F)cc2cc(OC(N)=O)ncc12. The van der Waals surface area contributed by atoms with E-state index in [0.29, 0.717) is 17.6 Å². The molecule has 0 saturated carbocycles. The molecule has 1 heterocycles. The molecule has 2 N–H and O–H groups in total.